The Bertz CT molecular complexity index is 201. The lowest BCUT2D eigenvalue weighted by atomic mass is 10.1. The predicted molar refractivity (Wildman–Crippen MR) is 45.6 cm³/mol. The Hall–Kier alpha value is -0.870. The van der Waals surface area contributed by atoms with E-state index in [1.54, 1.807) is 0 Å². The standard InChI is InChI=1S/C8H14N2O2/c1-12-7(8(9)11)4-6-2-3-10-5-6/h2,7,10H,3-5H2,1H3,(H2,9,11). The number of carbonyl (C=O) groups is 1. The molecule has 1 aliphatic heterocycles. The summed E-state index contributed by atoms with van der Waals surface area (Å²) in [4.78, 5) is 10.8. The Kier molecular flexibility index (Phi) is 3.25. The molecule has 0 aromatic heterocycles. The first-order chi connectivity index (χ1) is 5.74. The largest absolute Gasteiger partial charge is 0.371 e. The van der Waals surface area contributed by atoms with Gasteiger partial charge in [-0.2, -0.15) is 0 Å². The van der Waals surface area contributed by atoms with Crippen LogP contribution < -0.4 is 11.1 Å². The smallest absolute Gasteiger partial charge is 0.246 e. The number of ether oxygens (including phenoxy) is 1. The Morgan fingerprint density at radius 3 is 3.08 bits per heavy atom. The van der Waals surface area contributed by atoms with Crippen LogP contribution in [0.2, 0.25) is 0 Å². The first-order valence-electron chi connectivity index (χ1n) is 3.94. The van der Waals surface area contributed by atoms with Gasteiger partial charge in [0, 0.05) is 26.6 Å². The van der Waals surface area contributed by atoms with Crippen LogP contribution in [-0.4, -0.2) is 32.2 Å². The number of amides is 1. The van der Waals surface area contributed by atoms with Gasteiger partial charge in [-0.05, 0) is 0 Å². The summed E-state index contributed by atoms with van der Waals surface area (Å²) in [5.74, 6) is -0.398. The summed E-state index contributed by atoms with van der Waals surface area (Å²) < 4.78 is 4.93. The fraction of sp³-hybridized carbons (Fsp3) is 0.625. The van der Waals surface area contributed by atoms with Crippen molar-refractivity contribution in [3.05, 3.63) is 11.6 Å². The molecule has 0 spiro atoms. The molecule has 1 unspecified atom stereocenters. The van der Waals surface area contributed by atoms with E-state index in [-0.39, 0.29) is 0 Å². The van der Waals surface area contributed by atoms with Gasteiger partial charge in [-0.15, -0.1) is 0 Å². The van der Waals surface area contributed by atoms with Gasteiger partial charge in [-0.1, -0.05) is 11.6 Å². The van der Waals surface area contributed by atoms with Gasteiger partial charge in [0.05, 0.1) is 0 Å². The minimum absolute atomic E-state index is 0.398. The number of hydrogen-bond donors (Lipinski definition) is 2. The Morgan fingerprint density at radius 2 is 2.67 bits per heavy atom. The molecule has 4 heteroatoms. The van der Waals surface area contributed by atoms with Crippen molar-refractivity contribution in [2.24, 2.45) is 5.73 Å². The maximum Gasteiger partial charge on any atom is 0.246 e. The minimum Gasteiger partial charge on any atom is -0.371 e. The van der Waals surface area contributed by atoms with Gasteiger partial charge in [0.2, 0.25) is 5.91 Å². The van der Waals surface area contributed by atoms with Crippen LogP contribution in [-0.2, 0) is 9.53 Å². The van der Waals surface area contributed by atoms with E-state index < -0.39 is 12.0 Å². The summed E-state index contributed by atoms with van der Waals surface area (Å²) in [7, 11) is 1.50. The average molecular weight is 170 g/mol. The van der Waals surface area contributed by atoms with Crippen molar-refractivity contribution in [1.82, 2.24) is 5.32 Å². The lowest BCUT2D eigenvalue weighted by molar-refractivity contribution is -0.127. The molecule has 68 valence electrons. The van der Waals surface area contributed by atoms with E-state index in [1.165, 1.54) is 12.7 Å². The summed E-state index contributed by atoms with van der Waals surface area (Å²) in [5.41, 5.74) is 6.31. The second kappa shape index (κ2) is 4.23. The molecule has 1 rings (SSSR count). The van der Waals surface area contributed by atoms with Crippen molar-refractivity contribution in [3.8, 4) is 0 Å². The number of nitrogens with one attached hydrogen (secondary N) is 1. The highest BCUT2D eigenvalue weighted by Crippen LogP contribution is 2.09. The zero-order valence-electron chi connectivity index (χ0n) is 7.17. The molecule has 4 nitrogen and oxygen atoms in total. The van der Waals surface area contributed by atoms with Gasteiger partial charge in [-0.25, -0.2) is 0 Å². The molecule has 0 aliphatic carbocycles. The first kappa shape index (κ1) is 9.22. The third kappa shape index (κ3) is 2.32. The molecule has 1 heterocycles. The van der Waals surface area contributed by atoms with E-state index in [9.17, 15) is 4.79 Å². The molecule has 0 aromatic rings. The maximum absolute atomic E-state index is 10.8. The summed E-state index contributed by atoms with van der Waals surface area (Å²) in [6.45, 7) is 1.72. The highest BCUT2D eigenvalue weighted by molar-refractivity contribution is 5.79. The minimum atomic E-state index is -0.476. The second-order valence-electron chi connectivity index (χ2n) is 2.82. The van der Waals surface area contributed by atoms with Crippen molar-refractivity contribution in [2.45, 2.75) is 12.5 Å². The lowest BCUT2D eigenvalue weighted by Crippen LogP contribution is -2.31. The molecule has 1 atom stereocenters. The lowest BCUT2D eigenvalue weighted by Gasteiger charge is -2.11. The van der Waals surface area contributed by atoms with E-state index in [0.717, 1.165) is 13.1 Å². The number of hydrogen-bond acceptors (Lipinski definition) is 3. The number of rotatable bonds is 4. The molecule has 0 aromatic carbocycles. The highest BCUT2D eigenvalue weighted by Gasteiger charge is 2.17. The van der Waals surface area contributed by atoms with Crippen LogP contribution in [0.5, 0.6) is 0 Å². The average Bonchev–Trinajstić information content (AvgIpc) is 2.51. The third-order valence-electron chi connectivity index (χ3n) is 1.94. The van der Waals surface area contributed by atoms with Gasteiger partial charge >= 0.3 is 0 Å². The van der Waals surface area contributed by atoms with Crippen molar-refractivity contribution < 1.29 is 9.53 Å². The van der Waals surface area contributed by atoms with Gasteiger partial charge in [0.1, 0.15) is 6.10 Å². The number of nitrogens with two attached hydrogens (primary N) is 1. The molecule has 0 bridgehead atoms. The summed E-state index contributed by atoms with van der Waals surface area (Å²) in [6, 6.07) is 0. The normalized spacial score (nSPS) is 18.9. The highest BCUT2D eigenvalue weighted by atomic mass is 16.5. The van der Waals surface area contributed by atoms with Gasteiger partial charge < -0.3 is 15.8 Å². The van der Waals surface area contributed by atoms with Crippen LogP contribution in [0, 0.1) is 0 Å². The Labute approximate surface area is 71.8 Å². The van der Waals surface area contributed by atoms with Crippen molar-refractivity contribution in [1.29, 1.82) is 0 Å². The molecular weight excluding hydrogens is 156 g/mol. The molecule has 0 fully saturated rings. The molecule has 12 heavy (non-hydrogen) atoms. The number of primary amides is 1. The molecule has 1 aliphatic rings. The van der Waals surface area contributed by atoms with Crippen molar-refractivity contribution in [3.63, 3.8) is 0 Å². The second-order valence-corrected chi connectivity index (χ2v) is 2.82. The molecule has 0 saturated carbocycles. The molecule has 1 amide bonds. The van der Waals surface area contributed by atoms with E-state index >= 15 is 0 Å². The quantitative estimate of drug-likeness (QED) is 0.554. The summed E-state index contributed by atoms with van der Waals surface area (Å²) >= 11 is 0. The van der Waals surface area contributed by atoms with E-state index in [2.05, 4.69) is 11.4 Å². The van der Waals surface area contributed by atoms with Crippen LogP contribution in [0.4, 0.5) is 0 Å². The summed E-state index contributed by atoms with van der Waals surface area (Å²) in [6.07, 6.45) is 2.20. The molecular formula is C8H14N2O2. The van der Waals surface area contributed by atoms with Gasteiger partial charge in [0.15, 0.2) is 0 Å². The third-order valence-corrected chi connectivity index (χ3v) is 1.94. The SMILES string of the molecule is COC(CC1=CCNC1)C(N)=O. The van der Waals surface area contributed by atoms with E-state index in [4.69, 9.17) is 10.5 Å². The van der Waals surface area contributed by atoms with Gasteiger partial charge in [-0.3, -0.25) is 4.79 Å². The van der Waals surface area contributed by atoms with Gasteiger partial charge in [0.25, 0.3) is 0 Å². The zero-order valence-corrected chi connectivity index (χ0v) is 7.17. The van der Waals surface area contributed by atoms with Crippen LogP contribution >= 0.6 is 0 Å². The molecule has 0 radical (unpaired) electrons. The van der Waals surface area contributed by atoms with Crippen LogP contribution in [0.25, 0.3) is 0 Å². The first-order valence-corrected chi connectivity index (χ1v) is 3.94. The monoisotopic (exact) mass is 170 g/mol. The topological polar surface area (TPSA) is 64.3 Å². The van der Waals surface area contributed by atoms with E-state index in [0.29, 0.717) is 6.42 Å². The van der Waals surface area contributed by atoms with Crippen LogP contribution in [0.15, 0.2) is 11.6 Å². The van der Waals surface area contributed by atoms with Crippen molar-refractivity contribution >= 4 is 5.91 Å². The number of carbonyl (C=O) groups excluding carboxylic acids is 1. The molecule has 3 N–H and O–H groups in total. The zero-order chi connectivity index (χ0) is 8.97. The van der Waals surface area contributed by atoms with E-state index in [1.807, 2.05) is 0 Å². The Balaban J connectivity index is 2.41. The fourth-order valence-corrected chi connectivity index (χ4v) is 1.22. The van der Waals surface area contributed by atoms with Crippen molar-refractivity contribution in [2.75, 3.05) is 20.2 Å². The van der Waals surface area contributed by atoms with Crippen LogP contribution in [0.3, 0.4) is 0 Å². The number of methoxy groups -OCH3 is 1. The maximum atomic E-state index is 10.8. The van der Waals surface area contributed by atoms with Crippen LogP contribution in [0.1, 0.15) is 6.42 Å². The summed E-state index contributed by atoms with van der Waals surface area (Å²) in [5, 5.41) is 3.14. The predicted octanol–water partition coefficient (Wildman–Crippen LogP) is -0.594. The fourth-order valence-electron chi connectivity index (χ4n) is 1.22. The molecule has 0 saturated heterocycles. The Morgan fingerprint density at radius 1 is 1.92 bits per heavy atom.